The number of hydrogen-bond donors (Lipinski definition) is 1. The summed E-state index contributed by atoms with van der Waals surface area (Å²) >= 11 is 0. The lowest BCUT2D eigenvalue weighted by atomic mass is 10.1. The van der Waals surface area contributed by atoms with Crippen molar-refractivity contribution in [3.05, 3.63) is 12.4 Å². The zero-order valence-corrected chi connectivity index (χ0v) is 12.5. The van der Waals surface area contributed by atoms with Gasteiger partial charge in [0.2, 0.25) is 0 Å². The molecule has 0 aromatic carbocycles. The Hall–Kier alpha value is -1.03. The monoisotopic (exact) mass is 253 g/mol. The number of ether oxygens (including phenoxy) is 1. The molecule has 1 aromatic heterocycles. The summed E-state index contributed by atoms with van der Waals surface area (Å²) in [7, 11) is 0. The van der Waals surface area contributed by atoms with E-state index >= 15 is 0 Å². The molecular formula is C14H27N3O. The molecule has 1 aromatic rings. The first-order chi connectivity index (χ1) is 8.40. The largest absolute Gasteiger partial charge is 0.486 e. The standard InChI is InChI=1S/C14H27N3O/c1-10(2)14(8-15-11(3)4)18-13-7-16-17(9-13)12(5)6/h7,9-12,14-15H,8H2,1-6H3. The maximum Gasteiger partial charge on any atom is 0.157 e. The molecule has 0 amide bonds. The van der Waals surface area contributed by atoms with Crippen LogP contribution in [-0.2, 0) is 0 Å². The molecule has 4 nitrogen and oxygen atoms in total. The third kappa shape index (κ3) is 4.69. The highest BCUT2D eigenvalue weighted by Crippen LogP contribution is 2.17. The van der Waals surface area contributed by atoms with E-state index in [1.54, 1.807) is 6.20 Å². The van der Waals surface area contributed by atoms with Crippen LogP contribution >= 0.6 is 0 Å². The van der Waals surface area contributed by atoms with Gasteiger partial charge in [-0.25, -0.2) is 0 Å². The molecule has 18 heavy (non-hydrogen) atoms. The van der Waals surface area contributed by atoms with Crippen molar-refractivity contribution in [3.8, 4) is 5.75 Å². The Morgan fingerprint density at radius 1 is 1.22 bits per heavy atom. The molecule has 1 rings (SSSR count). The maximum absolute atomic E-state index is 6.01. The highest BCUT2D eigenvalue weighted by Gasteiger charge is 2.16. The van der Waals surface area contributed by atoms with Crippen LogP contribution in [0.4, 0.5) is 0 Å². The quantitative estimate of drug-likeness (QED) is 0.812. The van der Waals surface area contributed by atoms with E-state index in [2.05, 4.69) is 52.0 Å². The minimum absolute atomic E-state index is 0.178. The first-order valence-corrected chi connectivity index (χ1v) is 6.84. The SMILES string of the molecule is CC(C)NCC(Oc1cnn(C(C)C)c1)C(C)C. The van der Waals surface area contributed by atoms with E-state index in [1.807, 2.05) is 10.9 Å². The number of rotatable bonds is 7. The molecular weight excluding hydrogens is 226 g/mol. The summed E-state index contributed by atoms with van der Waals surface area (Å²) in [4.78, 5) is 0. The third-order valence-electron chi connectivity index (χ3n) is 2.87. The molecule has 1 unspecified atom stereocenters. The van der Waals surface area contributed by atoms with E-state index in [0.717, 1.165) is 12.3 Å². The van der Waals surface area contributed by atoms with Crippen LogP contribution in [0.25, 0.3) is 0 Å². The van der Waals surface area contributed by atoms with Gasteiger partial charge in [0.05, 0.1) is 12.4 Å². The summed E-state index contributed by atoms with van der Waals surface area (Å²) in [5.41, 5.74) is 0. The molecule has 0 aliphatic rings. The van der Waals surface area contributed by atoms with Gasteiger partial charge in [0.1, 0.15) is 6.10 Å². The Bertz CT molecular complexity index is 345. The molecule has 1 atom stereocenters. The fourth-order valence-electron chi connectivity index (χ4n) is 1.60. The average Bonchev–Trinajstić information content (AvgIpc) is 2.71. The second-order valence-corrected chi connectivity index (χ2v) is 5.71. The average molecular weight is 253 g/mol. The van der Waals surface area contributed by atoms with Crippen LogP contribution in [-0.4, -0.2) is 28.5 Å². The van der Waals surface area contributed by atoms with Crippen molar-refractivity contribution in [3.63, 3.8) is 0 Å². The topological polar surface area (TPSA) is 39.1 Å². The van der Waals surface area contributed by atoms with Crippen LogP contribution in [0.5, 0.6) is 5.75 Å². The van der Waals surface area contributed by atoms with Gasteiger partial charge in [-0.05, 0) is 19.8 Å². The van der Waals surface area contributed by atoms with Crippen molar-refractivity contribution in [2.45, 2.75) is 59.7 Å². The molecule has 0 saturated heterocycles. The van der Waals surface area contributed by atoms with Crippen LogP contribution in [0.2, 0.25) is 0 Å². The predicted molar refractivity (Wildman–Crippen MR) is 75.0 cm³/mol. The van der Waals surface area contributed by atoms with Gasteiger partial charge < -0.3 is 10.1 Å². The van der Waals surface area contributed by atoms with Gasteiger partial charge in [-0.1, -0.05) is 27.7 Å². The zero-order chi connectivity index (χ0) is 13.7. The summed E-state index contributed by atoms with van der Waals surface area (Å²) in [6, 6.07) is 0.849. The normalized spacial score (nSPS) is 13.6. The summed E-state index contributed by atoms with van der Waals surface area (Å²) in [5.74, 6) is 1.33. The highest BCUT2D eigenvalue weighted by molar-refractivity contribution is 5.12. The molecule has 0 aliphatic carbocycles. The fourth-order valence-corrected chi connectivity index (χ4v) is 1.60. The molecule has 0 spiro atoms. The smallest absolute Gasteiger partial charge is 0.157 e. The lowest BCUT2D eigenvalue weighted by Gasteiger charge is -2.23. The van der Waals surface area contributed by atoms with Gasteiger partial charge in [-0.3, -0.25) is 4.68 Å². The van der Waals surface area contributed by atoms with Crippen molar-refractivity contribution in [2.24, 2.45) is 5.92 Å². The van der Waals surface area contributed by atoms with Crippen molar-refractivity contribution in [1.29, 1.82) is 0 Å². The Morgan fingerprint density at radius 3 is 2.33 bits per heavy atom. The Morgan fingerprint density at radius 2 is 1.89 bits per heavy atom. The van der Waals surface area contributed by atoms with Crippen molar-refractivity contribution in [2.75, 3.05) is 6.54 Å². The van der Waals surface area contributed by atoms with E-state index in [9.17, 15) is 0 Å². The first kappa shape index (κ1) is 15.0. The van der Waals surface area contributed by atoms with Crippen LogP contribution < -0.4 is 10.1 Å². The van der Waals surface area contributed by atoms with Gasteiger partial charge in [0.25, 0.3) is 0 Å². The van der Waals surface area contributed by atoms with E-state index in [0.29, 0.717) is 18.0 Å². The number of hydrogen-bond acceptors (Lipinski definition) is 3. The lowest BCUT2D eigenvalue weighted by molar-refractivity contribution is 0.146. The fraction of sp³-hybridized carbons (Fsp3) is 0.786. The molecule has 0 radical (unpaired) electrons. The van der Waals surface area contributed by atoms with Gasteiger partial charge in [0.15, 0.2) is 5.75 Å². The minimum Gasteiger partial charge on any atom is -0.486 e. The van der Waals surface area contributed by atoms with Gasteiger partial charge >= 0.3 is 0 Å². The van der Waals surface area contributed by atoms with Crippen molar-refractivity contribution < 1.29 is 4.74 Å². The molecule has 0 saturated carbocycles. The first-order valence-electron chi connectivity index (χ1n) is 6.84. The van der Waals surface area contributed by atoms with Crippen LogP contribution in [0.15, 0.2) is 12.4 Å². The van der Waals surface area contributed by atoms with Gasteiger partial charge in [-0.2, -0.15) is 5.10 Å². The molecule has 0 fully saturated rings. The number of aromatic nitrogens is 2. The number of nitrogens with one attached hydrogen (secondary N) is 1. The Labute approximate surface area is 111 Å². The van der Waals surface area contributed by atoms with E-state index in [-0.39, 0.29) is 6.10 Å². The molecule has 0 bridgehead atoms. The van der Waals surface area contributed by atoms with E-state index in [4.69, 9.17) is 4.74 Å². The predicted octanol–water partition coefficient (Wildman–Crippen LogP) is 2.87. The summed E-state index contributed by atoms with van der Waals surface area (Å²) in [6.45, 7) is 13.7. The van der Waals surface area contributed by atoms with Crippen LogP contribution in [0.3, 0.4) is 0 Å². The Balaban J connectivity index is 2.59. The third-order valence-corrected chi connectivity index (χ3v) is 2.87. The molecule has 4 heteroatoms. The summed E-state index contributed by atoms with van der Waals surface area (Å²) in [5, 5.41) is 7.72. The molecule has 104 valence electrons. The minimum atomic E-state index is 0.178. The van der Waals surface area contributed by atoms with E-state index < -0.39 is 0 Å². The second kappa shape index (κ2) is 6.78. The van der Waals surface area contributed by atoms with Gasteiger partial charge in [-0.15, -0.1) is 0 Å². The second-order valence-electron chi connectivity index (χ2n) is 5.71. The zero-order valence-electron chi connectivity index (χ0n) is 12.5. The van der Waals surface area contributed by atoms with E-state index in [1.165, 1.54) is 0 Å². The maximum atomic E-state index is 6.01. The number of nitrogens with zero attached hydrogens (tertiary/aromatic N) is 2. The lowest BCUT2D eigenvalue weighted by Crippen LogP contribution is -2.38. The Kier molecular flexibility index (Phi) is 5.66. The highest BCUT2D eigenvalue weighted by atomic mass is 16.5. The van der Waals surface area contributed by atoms with Gasteiger partial charge in [0, 0.05) is 18.6 Å². The summed E-state index contributed by atoms with van der Waals surface area (Å²) in [6.07, 6.45) is 3.94. The van der Waals surface area contributed by atoms with Crippen molar-refractivity contribution >= 4 is 0 Å². The molecule has 0 aliphatic heterocycles. The van der Waals surface area contributed by atoms with Crippen molar-refractivity contribution in [1.82, 2.24) is 15.1 Å². The van der Waals surface area contributed by atoms with Crippen LogP contribution in [0.1, 0.15) is 47.6 Å². The molecule has 1 N–H and O–H groups in total. The van der Waals surface area contributed by atoms with Crippen LogP contribution in [0, 0.1) is 5.92 Å². The molecule has 1 heterocycles. The summed E-state index contributed by atoms with van der Waals surface area (Å²) < 4.78 is 7.93.